The summed E-state index contributed by atoms with van der Waals surface area (Å²) in [4.78, 5) is 21.0. The summed E-state index contributed by atoms with van der Waals surface area (Å²) in [6.07, 6.45) is 1.64. The summed E-state index contributed by atoms with van der Waals surface area (Å²) in [5.41, 5.74) is 1.67. The minimum absolute atomic E-state index is 0.0188. The molecular formula is C20H28N4O2. The van der Waals surface area contributed by atoms with E-state index < -0.39 is 0 Å². The molecule has 1 aromatic carbocycles. The maximum atomic E-state index is 12.9. The SMILES string of the molecule is CC(C)Oc1ncccc1NC(=O)N(CCN(C)C)Cc1ccccc1. The lowest BCUT2D eigenvalue weighted by atomic mass is 10.2. The second-order valence-electron chi connectivity index (χ2n) is 6.66. The van der Waals surface area contributed by atoms with Gasteiger partial charge in [0.25, 0.3) is 0 Å². The van der Waals surface area contributed by atoms with Crippen LogP contribution in [0.3, 0.4) is 0 Å². The van der Waals surface area contributed by atoms with Gasteiger partial charge in [0.05, 0.1) is 6.10 Å². The number of anilines is 1. The number of amides is 2. The number of pyridine rings is 1. The van der Waals surface area contributed by atoms with Crippen molar-refractivity contribution in [1.29, 1.82) is 0 Å². The molecule has 2 amide bonds. The molecule has 0 aliphatic carbocycles. The fourth-order valence-electron chi connectivity index (χ4n) is 2.37. The summed E-state index contributed by atoms with van der Waals surface area (Å²) in [7, 11) is 3.99. The van der Waals surface area contributed by atoms with Gasteiger partial charge in [-0.2, -0.15) is 0 Å². The molecule has 0 unspecified atom stereocenters. The Labute approximate surface area is 155 Å². The second kappa shape index (κ2) is 9.77. The quantitative estimate of drug-likeness (QED) is 0.787. The lowest BCUT2D eigenvalue weighted by Crippen LogP contribution is -2.39. The van der Waals surface area contributed by atoms with Crippen molar-refractivity contribution >= 4 is 11.7 Å². The number of hydrogen-bond donors (Lipinski definition) is 1. The first kappa shape index (κ1) is 19.7. The first-order valence-electron chi connectivity index (χ1n) is 8.82. The number of aromatic nitrogens is 1. The number of benzene rings is 1. The molecule has 0 spiro atoms. The molecule has 1 aromatic heterocycles. The minimum atomic E-state index is -0.169. The monoisotopic (exact) mass is 356 g/mol. The minimum Gasteiger partial charge on any atom is -0.473 e. The predicted octanol–water partition coefficient (Wildman–Crippen LogP) is 3.46. The molecule has 26 heavy (non-hydrogen) atoms. The Hall–Kier alpha value is -2.60. The first-order chi connectivity index (χ1) is 12.5. The standard InChI is InChI=1S/C20H28N4O2/c1-16(2)26-19-18(11-8-12-21-19)22-20(25)24(14-13-23(3)4)15-17-9-6-5-7-10-17/h5-12,16H,13-15H2,1-4H3,(H,22,25). The Morgan fingerprint density at radius 1 is 1.12 bits per heavy atom. The van der Waals surface area contributed by atoms with Crippen LogP contribution in [0.25, 0.3) is 0 Å². The number of hydrogen-bond acceptors (Lipinski definition) is 4. The Morgan fingerprint density at radius 3 is 2.50 bits per heavy atom. The fourth-order valence-corrected chi connectivity index (χ4v) is 2.37. The molecule has 6 nitrogen and oxygen atoms in total. The van der Waals surface area contributed by atoms with E-state index in [4.69, 9.17) is 4.74 Å². The summed E-state index contributed by atoms with van der Waals surface area (Å²) in [5, 5.41) is 2.94. The average Bonchev–Trinajstić information content (AvgIpc) is 2.60. The van der Waals surface area contributed by atoms with E-state index in [1.165, 1.54) is 0 Å². The van der Waals surface area contributed by atoms with Crippen LogP contribution in [-0.4, -0.2) is 54.1 Å². The number of carbonyl (C=O) groups excluding carboxylic acids is 1. The largest absolute Gasteiger partial charge is 0.473 e. The topological polar surface area (TPSA) is 57.7 Å². The van der Waals surface area contributed by atoms with E-state index in [1.54, 1.807) is 23.2 Å². The van der Waals surface area contributed by atoms with Crippen molar-refractivity contribution in [3.63, 3.8) is 0 Å². The number of rotatable bonds is 8. The normalized spacial score (nSPS) is 10.8. The van der Waals surface area contributed by atoms with Gasteiger partial charge in [-0.05, 0) is 45.6 Å². The molecule has 0 atom stereocenters. The molecule has 0 aliphatic heterocycles. The molecule has 0 saturated heterocycles. The summed E-state index contributed by atoms with van der Waals surface area (Å²) in [6, 6.07) is 13.4. The van der Waals surface area contributed by atoms with Crippen LogP contribution in [0, 0.1) is 0 Å². The lowest BCUT2D eigenvalue weighted by Gasteiger charge is -2.25. The smallest absolute Gasteiger partial charge is 0.322 e. The van der Waals surface area contributed by atoms with Crippen molar-refractivity contribution in [2.45, 2.75) is 26.5 Å². The molecule has 0 fully saturated rings. The van der Waals surface area contributed by atoms with Crippen LogP contribution in [0.5, 0.6) is 5.88 Å². The van der Waals surface area contributed by atoms with Crippen LogP contribution in [0.4, 0.5) is 10.5 Å². The van der Waals surface area contributed by atoms with Crippen molar-refractivity contribution in [2.24, 2.45) is 0 Å². The molecule has 0 bridgehead atoms. The van der Waals surface area contributed by atoms with Gasteiger partial charge in [-0.25, -0.2) is 9.78 Å². The number of likely N-dealkylation sites (N-methyl/N-ethyl adjacent to an activating group) is 1. The van der Waals surface area contributed by atoms with Gasteiger partial charge in [0.1, 0.15) is 5.69 Å². The Morgan fingerprint density at radius 2 is 1.85 bits per heavy atom. The maximum absolute atomic E-state index is 12.9. The van der Waals surface area contributed by atoms with Crippen LogP contribution in [0.15, 0.2) is 48.7 Å². The highest BCUT2D eigenvalue weighted by Crippen LogP contribution is 2.22. The van der Waals surface area contributed by atoms with Crippen molar-refractivity contribution < 1.29 is 9.53 Å². The van der Waals surface area contributed by atoms with E-state index >= 15 is 0 Å². The van der Waals surface area contributed by atoms with Crippen molar-refractivity contribution in [1.82, 2.24) is 14.8 Å². The van der Waals surface area contributed by atoms with Crippen LogP contribution < -0.4 is 10.1 Å². The van der Waals surface area contributed by atoms with Crippen LogP contribution in [-0.2, 0) is 6.54 Å². The van der Waals surface area contributed by atoms with Crippen LogP contribution in [0.1, 0.15) is 19.4 Å². The first-order valence-corrected chi connectivity index (χ1v) is 8.82. The third kappa shape index (κ3) is 6.37. The molecule has 0 aliphatic rings. The van der Waals surface area contributed by atoms with Gasteiger partial charge < -0.3 is 19.9 Å². The van der Waals surface area contributed by atoms with Gasteiger partial charge in [-0.1, -0.05) is 30.3 Å². The molecule has 0 saturated carbocycles. The Balaban J connectivity index is 2.13. The summed E-state index contributed by atoms with van der Waals surface area (Å²) in [5.74, 6) is 0.433. The Kier molecular flexibility index (Phi) is 7.41. The zero-order chi connectivity index (χ0) is 18.9. The number of ether oxygens (including phenoxy) is 1. The molecule has 6 heteroatoms. The van der Waals surface area contributed by atoms with Gasteiger partial charge in [-0.15, -0.1) is 0 Å². The maximum Gasteiger partial charge on any atom is 0.322 e. The lowest BCUT2D eigenvalue weighted by molar-refractivity contribution is 0.201. The Bertz CT molecular complexity index is 689. The average molecular weight is 356 g/mol. The fraction of sp³-hybridized carbons (Fsp3) is 0.400. The summed E-state index contributed by atoms with van der Waals surface area (Å²) < 4.78 is 5.69. The molecular weight excluding hydrogens is 328 g/mol. The van der Waals surface area contributed by atoms with E-state index in [9.17, 15) is 4.79 Å². The highest BCUT2D eigenvalue weighted by Gasteiger charge is 2.17. The van der Waals surface area contributed by atoms with Crippen molar-refractivity contribution in [3.8, 4) is 5.88 Å². The van der Waals surface area contributed by atoms with E-state index in [2.05, 4.69) is 15.2 Å². The molecule has 140 valence electrons. The number of nitrogens with one attached hydrogen (secondary N) is 1. The van der Waals surface area contributed by atoms with Crippen LogP contribution >= 0.6 is 0 Å². The van der Waals surface area contributed by atoms with Gasteiger partial charge in [0, 0.05) is 25.8 Å². The van der Waals surface area contributed by atoms with E-state index in [-0.39, 0.29) is 12.1 Å². The third-order valence-electron chi connectivity index (χ3n) is 3.68. The summed E-state index contributed by atoms with van der Waals surface area (Å²) >= 11 is 0. The molecule has 1 N–H and O–H groups in total. The molecule has 1 heterocycles. The summed E-state index contributed by atoms with van der Waals surface area (Å²) in [6.45, 7) is 5.80. The molecule has 2 rings (SSSR count). The number of urea groups is 1. The van der Waals surface area contributed by atoms with E-state index in [0.717, 1.165) is 12.1 Å². The predicted molar refractivity (Wildman–Crippen MR) is 104 cm³/mol. The second-order valence-corrected chi connectivity index (χ2v) is 6.66. The van der Waals surface area contributed by atoms with E-state index in [0.29, 0.717) is 24.7 Å². The highest BCUT2D eigenvalue weighted by atomic mass is 16.5. The highest BCUT2D eigenvalue weighted by molar-refractivity contribution is 5.90. The number of carbonyl (C=O) groups is 1. The third-order valence-corrected chi connectivity index (χ3v) is 3.68. The van der Waals surface area contributed by atoms with Gasteiger partial charge >= 0.3 is 6.03 Å². The van der Waals surface area contributed by atoms with Gasteiger partial charge in [-0.3, -0.25) is 0 Å². The number of nitrogens with zero attached hydrogens (tertiary/aromatic N) is 3. The van der Waals surface area contributed by atoms with E-state index in [1.807, 2.05) is 58.3 Å². The zero-order valence-electron chi connectivity index (χ0n) is 16.0. The van der Waals surface area contributed by atoms with Crippen molar-refractivity contribution in [3.05, 3.63) is 54.2 Å². The molecule has 0 radical (unpaired) electrons. The van der Waals surface area contributed by atoms with Gasteiger partial charge in [0.2, 0.25) is 5.88 Å². The molecule has 2 aromatic rings. The van der Waals surface area contributed by atoms with Crippen molar-refractivity contribution in [2.75, 3.05) is 32.5 Å². The van der Waals surface area contributed by atoms with Gasteiger partial charge in [0.15, 0.2) is 0 Å². The zero-order valence-corrected chi connectivity index (χ0v) is 16.0. The van der Waals surface area contributed by atoms with Crippen LogP contribution in [0.2, 0.25) is 0 Å².